The first-order chi connectivity index (χ1) is 11.9. The van der Waals surface area contributed by atoms with E-state index in [1.165, 1.54) is 29.6 Å². The summed E-state index contributed by atoms with van der Waals surface area (Å²) in [6.45, 7) is 1.37. The van der Waals surface area contributed by atoms with Crippen molar-refractivity contribution in [1.29, 1.82) is 0 Å². The first-order valence-corrected chi connectivity index (χ1v) is 9.82. The van der Waals surface area contributed by atoms with Crippen LogP contribution in [-0.2, 0) is 19.6 Å². The second kappa shape index (κ2) is 8.84. The van der Waals surface area contributed by atoms with Gasteiger partial charge in [-0.05, 0) is 31.0 Å². The Bertz CT molecular complexity index is 710. The van der Waals surface area contributed by atoms with Gasteiger partial charge in [0.05, 0.1) is 29.6 Å². The number of methoxy groups -OCH3 is 2. The van der Waals surface area contributed by atoms with Gasteiger partial charge in [0.1, 0.15) is 5.75 Å². The van der Waals surface area contributed by atoms with Crippen molar-refractivity contribution in [1.82, 2.24) is 9.62 Å². The van der Waals surface area contributed by atoms with Gasteiger partial charge in [0.25, 0.3) is 0 Å². The van der Waals surface area contributed by atoms with Crippen molar-refractivity contribution in [3.8, 4) is 5.75 Å². The fourth-order valence-electron chi connectivity index (χ4n) is 2.75. The summed E-state index contributed by atoms with van der Waals surface area (Å²) in [4.78, 5) is 12.3. The van der Waals surface area contributed by atoms with E-state index in [1.54, 1.807) is 7.11 Å². The lowest BCUT2D eigenvalue weighted by Crippen LogP contribution is -2.45. The number of halogens is 1. The first kappa shape index (κ1) is 20.0. The molecule has 0 aliphatic carbocycles. The van der Waals surface area contributed by atoms with Crippen molar-refractivity contribution in [2.75, 3.05) is 40.5 Å². The Morgan fingerprint density at radius 2 is 2.16 bits per heavy atom. The van der Waals surface area contributed by atoms with E-state index >= 15 is 0 Å². The number of nitrogens with one attached hydrogen (secondary N) is 1. The molecular weight excluding hydrogens is 368 g/mol. The minimum Gasteiger partial charge on any atom is -0.495 e. The average molecular weight is 391 g/mol. The Balaban J connectivity index is 2.11. The number of amides is 1. The summed E-state index contributed by atoms with van der Waals surface area (Å²) in [5.41, 5.74) is 0. The van der Waals surface area contributed by atoms with Crippen LogP contribution in [0.1, 0.15) is 12.8 Å². The van der Waals surface area contributed by atoms with E-state index in [0.717, 1.165) is 0 Å². The fourth-order valence-corrected chi connectivity index (χ4v) is 4.62. The molecule has 140 valence electrons. The third-order valence-electron chi connectivity index (χ3n) is 4.12. The molecule has 25 heavy (non-hydrogen) atoms. The van der Waals surface area contributed by atoms with Crippen molar-refractivity contribution >= 4 is 27.5 Å². The lowest BCUT2D eigenvalue weighted by molar-refractivity contribution is -0.126. The van der Waals surface area contributed by atoms with Gasteiger partial charge in [0, 0.05) is 26.7 Å². The normalized spacial score (nSPS) is 18.8. The number of piperidine rings is 1. The quantitative estimate of drug-likeness (QED) is 0.713. The summed E-state index contributed by atoms with van der Waals surface area (Å²) in [6, 6.07) is 4.36. The highest BCUT2D eigenvalue weighted by Gasteiger charge is 2.33. The standard InChI is InChI=1S/C16H23ClN2O5S/c1-23-9-7-18-16(20)12-4-3-8-19(11-12)25(21,22)13-5-6-15(24-2)14(17)10-13/h5-6,10,12H,3-4,7-9,11H2,1-2H3,(H,18,20). The molecule has 9 heteroatoms. The zero-order chi connectivity index (χ0) is 18.4. The number of rotatable bonds is 7. The highest BCUT2D eigenvalue weighted by Crippen LogP contribution is 2.30. The Morgan fingerprint density at radius 3 is 2.80 bits per heavy atom. The van der Waals surface area contributed by atoms with Crippen LogP contribution >= 0.6 is 11.6 Å². The molecule has 1 amide bonds. The predicted octanol–water partition coefficient (Wildman–Crippen LogP) is 1.51. The zero-order valence-electron chi connectivity index (χ0n) is 14.3. The molecule has 1 unspecified atom stereocenters. The summed E-state index contributed by atoms with van der Waals surface area (Å²) in [7, 11) is -0.691. The summed E-state index contributed by atoms with van der Waals surface area (Å²) in [5, 5.41) is 3.00. The van der Waals surface area contributed by atoms with Crippen molar-refractivity contribution in [2.45, 2.75) is 17.7 Å². The summed E-state index contributed by atoms with van der Waals surface area (Å²) < 4.78 is 37.0. The van der Waals surface area contributed by atoms with Gasteiger partial charge in [0.15, 0.2) is 0 Å². The molecule has 0 aromatic heterocycles. The van der Waals surface area contributed by atoms with Gasteiger partial charge in [0.2, 0.25) is 15.9 Å². The van der Waals surface area contributed by atoms with E-state index in [0.29, 0.717) is 38.3 Å². The third-order valence-corrected chi connectivity index (χ3v) is 6.28. The molecule has 1 aliphatic rings. The van der Waals surface area contributed by atoms with Crippen LogP contribution in [0.3, 0.4) is 0 Å². The molecule has 1 N–H and O–H groups in total. The lowest BCUT2D eigenvalue weighted by Gasteiger charge is -2.31. The molecule has 1 fully saturated rings. The summed E-state index contributed by atoms with van der Waals surface area (Å²) in [6.07, 6.45) is 1.29. The maximum absolute atomic E-state index is 12.8. The molecular formula is C16H23ClN2O5S. The van der Waals surface area contributed by atoms with Gasteiger partial charge in [-0.3, -0.25) is 4.79 Å². The molecule has 0 radical (unpaired) electrons. The van der Waals surface area contributed by atoms with Gasteiger partial charge in [-0.25, -0.2) is 8.42 Å². The maximum atomic E-state index is 12.8. The first-order valence-electron chi connectivity index (χ1n) is 8.00. The minimum absolute atomic E-state index is 0.0961. The predicted molar refractivity (Wildman–Crippen MR) is 94.4 cm³/mol. The number of carbonyl (C=O) groups excluding carboxylic acids is 1. The molecule has 1 aromatic carbocycles. The summed E-state index contributed by atoms with van der Waals surface area (Å²) in [5.74, 6) is -0.103. The number of hydrogen-bond donors (Lipinski definition) is 1. The minimum atomic E-state index is -3.71. The largest absolute Gasteiger partial charge is 0.495 e. The molecule has 0 spiro atoms. The lowest BCUT2D eigenvalue weighted by atomic mass is 9.99. The van der Waals surface area contributed by atoms with Crippen LogP contribution in [0.4, 0.5) is 0 Å². The molecule has 7 nitrogen and oxygen atoms in total. The van der Waals surface area contributed by atoms with Gasteiger partial charge < -0.3 is 14.8 Å². The number of hydrogen-bond acceptors (Lipinski definition) is 5. The zero-order valence-corrected chi connectivity index (χ0v) is 15.9. The number of benzene rings is 1. The molecule has 1 aromatic rings. The van der Waals surface area contributed by atoms with E-state index in [-0.39, 0.29) is 28.3 Å². The van der Waals surface area contributed by atoms with Crippen LogP contribution in [-0.4, -0.2) is 59.1 Å². The number of nitrogens with zero attached hydrogens (tertiary/aromatic N) is 1. The number of carbonyl (C=O) groups is 1. The molecule has 1 aliphatic heterocycles. The van der Waals surface area contributed by atoms with E-state index < -0.39 is 10.0 Å². The van der Waals surface area contributed by atoms with Crippen LogP contribution in [0.25, 0.3) is 0 Å². The van der Waals surface area contributed by atoms with Crippen molar-refractivity contribution in [2.24, 2.45) is 5.92 Å². The van der Waals surface area contributed by atoms with Crippen LogP contribution in [0.15, 0.2) is 23.1 Å². The van der Waals surface area contributed by atoms with Crippen LogP contribution in [0.2, 0.25) is 5.02 Å². The Hall–Kier alpha value is -1.35. The molecule has 1 saturated heterocycles. The average Bonchev–Trinajstić information content (AvgIpc) is 2.61. The van der Waals surface area contributed by atoms with E-state index in [9.17, 15) is 13.2 Å². The summed E-state index contributed by atoms with van der Waals surface area (Å²) >= 11 is 6.04. The van der Waals surface area contributed by atoms with Gasteiger partial charge >= 0.3 is 0 Å². The van der Waals surface area contributed by atoms with Crippen LogP contribution in [0, 0.1) is 5.92 Å². The Labute approximate surface area is 153 Å². The topological polar surface area (TPSA) is 84.9 Å². The molecule has 0 saturated carbocycles. The molecule has 1 atom stereocenters. The van der Waals surface area contributed by atoms with E-state index in [1.807, 2.05) is 0 Å². The molecule has 0 bridgehead atoms. The van der Waals surface area contributed by atoms with Crippen molar-refractivity contribution in [3.05, 3.63) is 23.2 Å². The van der Waals surface area contributed by atoms with Gasteiger partial charge in [-0.1, -0.05) is 11.6 Å². The van der Waals surface area contributed by atoms with Gasteiger partial charge in [-0.2, -0.15) is 4.31 Å². The van der Waals surface area contributed by atoms with Crippen LogP contribution in [0.5, 0.6) is 5.75 Å². The van der Waals surface area contributed by atoms with Crippen molar-refractivity contribution in [3.63, 3.8) is 0 Å². The highest BCUT2D eigenvalue weighted by molar-refractivity contribution is 7.89. The van der Waals surface area contributed by atoms with E-state index in [2.05, 4.69) is 5.32 Å². The third kappa shape index (κ3) is 4.84. The Morgan fingerprint density at radius 1 is 1.40 bits per heavy atom. The second-order valence-corrected chi connectivity index (χ2v) is 8.13. The molecule has 1 heterocycles. The maximum Gasteiger partial charge on any atom is 0.243 e. The Kier molecular flexibility index (Phi) is 7.06. The van der Waals surface area contributed by atoms with Crippen molar-refractivity contribution < 1.29 is 22.7 Å². The molecule has 2 rings (SSSR count). The van der Waals surface area contributed by atoms with E-state index in [4.69, 9.17) is 21.1 Å². The number of sulfonamides is 1. The fraction of sp³-hybridized carbons (Fsp3) is 0.562. The smallest absolute Gasteiger partial charge is 0.243 e. The SMILES string of the molecule is COCCNC(=O)C1CCCN(S(=O)(=O)c2ccc(OC)c(Cl)c2)C1. The monoisotopic (exact) mass is 390 g/mol. The van der Waals surface area contributed by atoms with Gasteiger partial charge in [-0.15, -0.1) is 0 Å². The second-order valence-electron chi connectivity index (χ2n) is 5.78. The highest BCUT2D eigenvalue weighted by atomic mass is 35.5. The van der Waals surface area contributed by atoms with Crippen LogP contribution < -0.4 is 10.1 Å². The number of ether oxygens (including phenoxy) is 2.